The van der Waals surface area contributed by atoms with Crippen molar-refractivity contribution in [1.29, 1.82) is 0 Å². The number of methoxy groups -OCH3 is 1. The molecule has 7 heteroatoms. The summed E-state index contributed by atoms with van der Waals surface area (Å²) in [5.74, 6) is -0.120. The van der Waals surface area contributed by atoms with E-state index in [1.807, 2.05) is 0 Å². The van der Waals surface area contributed by atoms with Crippen molar-refractivity contribution in [1.82, 2.24) is 0 Å². The molecule has 0 N–H and O–H groups in total. The zero-order valence-electron chi connectivity index (χ0n) is 15.4. The van der Waals surface area contributed by atoms with Crippen LogP contribution in [0.1, 0.15) is 6.92 Å². The Hall–Kier alpha value is -2.83. The standard InChI is InChI=1S/C21H19ClO6/c1-13(21(24)26-10-9-25-2)28-14-7-8-16-19(11-14)27-12-17(20(16)23)15-5-3-4-6-18(15)22/h3-8,11-13H,9-10H2,1-2H3/t13-/m1/s1. The molecule has 0 aliphatic heterocycles. The summed E-state index contributed by atoms with van der Waals surface area (Å²) in [6.07, 6.45) is 0.557. The molecular weight excluding hydrogens is 384 g/mol. The van der Waals surface area contributed by atoms with Crippen molar-refractivity contribution < 1.29 is 23.4 Å². The molecule has 3 rings (SSSR count). The van der Waals surface area contributed by atoms with Gasteiger partial charge in [0.25, 0.3) is 0 Å². The minimum Gasteiger partial charge on any atom is -0.479 e. The Kier molecular flexibility index (Phi) is 6.34. The van der Waals surface area contributed by atoms with Crippen molar-refractivity contribution in [2.45, 2.75) is 13.0 Å². The SMILES string of the molecule is COCCOC(=O)[C@@H](C)Oc1ccc2c(=O)c(-c3ccccc3Cl)coc2c1. The Balaban J connectivity index is 1.83. The third kappa shape index (κ3) is 4.35. The van der Waals surface area contributed by atoms with Crippen molar-refractivity contribution in [3.63, 3.8) is 0 Å². The van der Waals surface area contributed by atoms with Crippen LogP contribution in [0.5, 0.6) is 5.75 Å². The van der Waals surface area contributed by atoms with Crippen molar-refractivity contribution in [3.8, 4) is 16.9 Å². The fourth-order valence-corrected chi connectivity index (χ4v) is 2.88. The zero-order chi connectivity index (χ0) is 20.1. The highest BCUT2D eigenvalue weighted by Gasteiger charge is 2.17. The second kappa shape index (κ2) is 8.91. The maximum Gasteiger partial charge on any atom is 0.347 e. The molecule has 1 aromatic heterocycles. The van der Waals surface area contributed by atoms with Crippen molar-refractivity contribution in [2.75, 3.05) is 20.3 Å². The highest BCUT2D eigenvalue weighted by molar-refractivity contribution is 6.33. The van der Waals surface area contributed by atoms with Gasteiger partial charge in [0, 0.05) is 23.8 Å². The summed E-state index contributed by atoms with van der Waals surface area (Å²) in [6, 6.07) is 11.8. The lowest BCUT2D eigenvalue weighted by molar-refractivity contribution is -0.152. The normalized spacial score (nSPS) is 12.0. The lowest BCUT2D eigenvalue weighted by Gasteiger charge is -2.14. The third-order valence-corrected chi connectivity index (χ3v) is 4.42. The van der Waals surface area contributed by atoms with E-state index in [-0.39, 0.29) is 12.0 Å². The van der Waals surface area contributed by atoms with Gasteiger partial charge in [0.2, 0.25) is 5.43 Å². The second-order valence-electron chi connectivity index (χ2n) is 6.04. The molecule has 2 aromatic carbocycles. The van der Waals surface area contributed by atoms with Gasteiger partial charge in [-0.05, 0) is 25.1 Å². The Morgan fingerprint density at radius 2 is 1.93 bits per heavy atom. The topological polar surface area (TPSA) is 75.0 Å². The van der Waals surface area contributed by atoms with Gasteiger partial charge in [-0.2, -0.15) is 0 Å². The molecule has 0 spiro atoms. The Morgan fingerprint density at radius 1 is 1.14 bits per heavy atom. The molecule has 0 saturated carbocycles. The van der Waals surface area contributed by atoms with Gasteiger partial charge < -0.3 is 18.6 Å². The van der Waals surface area contributed by atoms with Gasteiger partial charge in [0.15, 0.2) is 6.10 Å². The third-order valence-electron chi connectivity index (χ3n) is 4.09. The lowest BCUT2D eigenvalue weighted by atomic mass is 10.1. The minimum absolute atomic E-state index is 0.153. The van der Waals surface area contributed by atoms with Crippen LogP contribution in [0, 0.1) is 0 Å². The summed E-state index contributed by atoms with van der Waals surface area (Å²) in [4.78, 5) is 24.7. The van der Waals surface area contributed by atoms with E-state index in [0.717, 1.165) is 0 Å². The number of rotatable bonds is 7. The number of carbonyl (C=O) groups is 1. The van der Waals surface area contributed by atoms with Crippen LogP contribution in [-0.4, -0.2) is 32.4 Å². The molecule has 1 heterocycles. The van der Waals surface area contributed by atoms with E-state index in [2.05, 4.69) is 0 Å². The molecule has 0 radical (unpaired) electrons. The fraction of sp³-hybridized carbons (Fsp3) is 0.238. The fourth-order valence-electron chi connectivity index (χ4n) is 2.64. The minimum atomic E-state index is -0.816. The molecule has 3 aromatic rings. The predicted octanol–water partition coefficient (Wildman–Crippen LogP) is 4.07. The molecule has 0 aliphatic carbocycles. The van der Waals surface area contributed by atoms with E-state index in [4.69, 9.17) is 30.2 Å². The molecule has 28 heavy (non-hydrogen) atoms. The van der Waals surface area contributed by atoms with Gasteiger partial charge in [0.05, 0.1) is 17.6 Å². The summed E-state index contributed by atoms with van der Waals surface area (Å²) in [5.41, 5.74) is 1.13. The summed E-state index contributed by atoms with van der Waals surface area (Å²) >= 11 is 6.19. The molecule has 0 saturated heterocycles. The number of esters is 1. The van der Waals surface area contributed by atoms with Gasteiger partial charge in [-0.15, -0.1) is 0 Å². The molecule has 0 aliphatic rings. The van der Waals surface area contributed by atoms with Gasteiger partial charge in [-0.3, -0.25) is 4.79 Å². The number of fused-ring (bicyclic) bond motifs is 1. The van der Waals surface area contributed by atoms with E-state index < -0.39 is 12.1 Å². The summed E-state index contributed by atoms with van der Waals surface area (Å²) < 4.78 is 21.1. The molecule has 1 atom stereocenters. The molecule has 0 bridgehead atoms. The van der Waals surface area contributed by atoms with Gasteiger partial charge in [-0.25, -0.2) is 4.79 Å². The van der Waals surface area contributed by atoms with Crippen LogP contribution in [0.3, 0.4) is 0 Å². The maximum atomic E-state index is 12.8. The summed E-state index contributed by atoms with van der Waals surface area (Å²) in [6.45, 7) is 2.05. The van der Waals surface area contributed by atoms with E-state index in [1.165, 1.54) is 13.4 Å². The van der Waals surface area contributed by atoms with Gasteiger partial charge in [-0.1, -0.05) is 29.8 Å². The van der Waals surface area contributed by atoms with Crippen molar-refractivity contribution in [3.05, 3.63) is 64.0 Å². The number of benzene rings is 2. The van der Waals surface area contributed by atoms with E-state index in [1.54, 1.807) is 49.4 Å². The van der Waals surface area contributed by atoms with Crippen LogP contribution in [0.25, 0.3) is 22.1 Å². The first-order valence-corrected chi connectivity index (χ1v) is 9.01. The van der Waals surface area contributed by atoms with Gasteiger partial charge in [0.1, 0.15) is 24.2 Å². The monoisotopic (exact) mass is 402 g/mol. The summed E-state index contributed by atoms with van der Waals surface area (Å²) in [7, 11) is 1.52. The smallest absolute Gasteiger partial charge is 0.347 e. The first kappa shape index (κ1) is 19.9. The summed E-state index contributed by atoms with van der Waals surface area (Å²) in [5, 5.41) is 0.856. The second-order valence-corrected chi connectivity index (χ2v) is 6.44. The average molecular weight is 403 g/mol. The first-order valence-electron chi connectivity index (χ1n) is 8.64. The molecule has 146 valence electrons. The largest absolute Gasteiger partial charge is 0.479 e. The Bertz CT molecular complexity index is 1040. The van der Waals surface area contributed by atoms with Crippen LogP contribution in [0.2, 0.25) is 5.02 Å². The maximum absolute atomic E-state index is 12.8. The van der Waals surface area contributed by atoms with Crippen molar-refractivity contribution in [2.24, 2.45) is 0 Å². The number of halogens is 1. The Morgan fingerprint density at radius 3 is 2.68 bits per heavy atom. The quantitative estimate of drug-likeness (QED) is 0.438. The first-order chi connectivity index (χ1) is 13.5. The van der Waals surface area contributed by atoms with Crippen LogP contribution >= 0.6 is 11.6 Å². The molecule has 0 unspecified atom stereocenters. The average Bonchev–Trinajstić information content (AvgIpc) is 2.69. The molecule has 6 nitrogen and oxygen atoms in total. The number of hydrogen-bond donors (Lipinski definition) is 0. The number of hydrogen-bond acceptors (Lipinski definition) is 6. The highest BCUT2D eigenvalue weighted by Crippen LogP contribution is 2.28. The van der Waals surface area contributed by atoms with Crippen LogP contribution < -0.4 is 10.2 Å². The van der Waals surface area contributed by atoms with Crippen LogP contribution in [0.4, 0.5) is 0 Å². The van der Waals surface area contributed by atoms with Crippen LogP contribution in [-0.2, 0) is 14.3 Å². The lowest BCUT2D eigenvalue weighted by Crippen LogP contribution is -2.27. The van der Waals surface area contributed by atoms with Gasteiger partial charge >= 0.3 is 5.97 Å². The zero-order valence-corrected chi connectivity index (χ0v) is 16.2. The highest BCUT2D eigenvalue weighted by atomic mass is 35.5. The molecule has 0 amide bonds. The van der Waals surface area contributed by atoms with E-state index in [9.17, 15) is 9.59 Å². The van der Waals surface area contributed by atoms with Crippen LogP contribution in [0.15, 0.2) is 57.9 Å². The molecule has 0 fully saturated rings. The van der Waals surface area contributed by atoms with E-state index in [0.29, 0.717) is 39.5 Å². The Labute approximate surface area is 166 Å². The van der Waals surface area contributed by atoms with E-state index >= 15 is 0 Å². The van der Waals surface area contributed by atoms with Crippen molar-refractivity contribution >= 4 is 28.5 Å². The number of carbonyl (C=O) groups excluding carboxylic acids is 1. The predicted molar refractivity (Wildman–Crippen MR) is 106 cm³/mol. The molecular formula is C21H19ClO6. The number of ether oxygens (including phenoxy) is 3.